The molecule has 2 unspecified atom stereocenters. The molecular formula is C9H10Cl2FNO2. The maximum Gasteiger partial charge on any atom is 0.143 e. The van der Waals surface area contributed by atoms with Gasteiger partial charge in [-0.05, 0) is 17.7 Å². The van der Waals surface area contributed by atoms with Crippen molar-refractivity contribution < 1.29 is 14.6 Å². The predicted molar refractivity (Wildman–Crippen MR) is 56.4 cm³/mol. The molecule has 0 spiro atoms. The molecule has 1 rings (SSSR count). The Morgan fingerprint density at radius 3 is 2.40 bits per heavy atom. The fraction of sp³-hybridized carbons (Fsp3) is 0.333. The molecule has 0 fully saturated rings. The molecule has 1 aromatic rings. The third kappa shape index (κ3) is 2.80. The highest BCUT2D eigenvalue weighted by atomic mass is 35.5. The molecule has 0 bridgehead atoms. The molecule has 3 nitrogen and oxygen atoms in total. The summed E-state index contributed by atoms with van der Waals surface area (Å²) in [7, 11) is 0. The van der Waals surface area contributed by atoms with Gasteiger partial charge in [0.15, 0.2) is 0 Å². The molecule has 6 heteroatoms. The summed E-state index contributed by atoms with van der Waals surface area (Å²) >= 11 is 11.1. The van der Waals surface area contributed by atoms with Gasteiger partial charge >= 0.3 is 0 Å². The first-order valence-electron chi connectivity index (χ1n) is 4.18. The van der Waals surface area contributed by atoms with E-state index in [0.29, 0.717) is 0 Å². The highest BCUT2D eigenvalue weighted by Crippen LogP contribution is 2.29. The first kappa shape index (κ1) is 12.7. The first-order valence-corrected chi connectivity index (χ1v) is 4.93. The summed E-state index contributed by atoms with van der Waals surface area (Å²) in [4.78, 5) is 0. The van der Waals surface area contributed by atoms with Crippen LogP contribution in [0.2, 0.25) is 10.0 Å². The largest absolute Gasteiger partial charge is 0.389 e. The van der Waals surface area contributed by atoms with E-state index in [4.69, 9.17) is 28.9 Å². The monoisotopic (exact) mass is 253 g/mol. The summed E-state index contributed by atoms with van der Waals surface area (Å²) in [5.41, 5.74) is 5.29. The van der Waals surface area contributed by atoms with Gasteiger partial charge in [0.25, 0.3) is 0 Å². The van der Waals surface area contributed by atoms with E-state index in [0.717, 1.165) is 6.07 Å². The third-order valence-corrected chi connectivity index (χ3v) is 2.73. The minimum Gasteiger partial charge on any atom is -0.389 e. The van der Waals surface area contributed by atoms with Crippen LogP contribution in [0.1, 0.15) is 11.7 Å². The van der Waals surface area contributed by atoms with Crippen LogP contribution in [0, 0.1) is 5.82 Å². The minimum atomic E-state index is -1.28. The van der Waals surface area contributed by atoms with E-state index in [1.54, 1.807) is 0 Å². The van der Waals surface area contributed by atoms with Gasteiger partial charge in [-0.15, -0.1) is 0 Å². The lowest BCUT2D eigenvalue weighted by atomic mass is 10.0. The number of nitrogens with two attached hydrogens (primary N) is 1. The lowest BCUT2D eigenvalue weighted by Crippen LogP contribution is -2.27. The van der Waals surface area contributed by atoms with Crippen LogP contribution in [0.15, 0.2) is 12.1 Å². The van der Waals surface area contributed by atoms with E-state index in [1.807, 2.05) is 0 Å². The van der Waals surface area contributed by atoms with Crippen molar-refractivity contribution in [1.29, 1.82) is 0 Å². The van der Waals surface area contributed by atoms with Crippen LogP contribution in [-0.2, 0) is 0 Å². The molecule has 0 aliphatic heterocycles. The van der Waals surface area contributed by atoms with Crippen molar-refractivity contribution >= 4 is 23.2 Å². The molecule has 0 heterocycles. The summed E-state index contributed by atoms with van der Waals surface area (Å²) < 4.78 is 13.1. The lowest BCUT2D eigenvalue weighted by Gasteiger charge is -2.16. The van der Waals surface area contributed by atoms with Crippen molar-refractivity contribution in [2.75, 3.05) is 6.54 Å². The number of benzene rings is 1. The Morgan fingerprint density at radius 2 is 1.93 bits per heavy atom. The van der Waals surface area contributed by atoms with Crippen molar-refractivity contribution in [2.45, 2.75) is 12.2 Å². The maximum absolute atomic E-state index is 13.1. The number of hydrogen-bond donors (Lipinski definition) is 3. The average molecular weight is 254 g/mol. The quantitative estimate of drug-likeness (QED) is 0.716. The zero-order valence-corrected chi connectivity index (χ0v) is 9.13. The van der Waals surface area contributed by atoms with E-state index in [9.17, 15) is 14.6 Å². The molecule has 4 N–H and O–H groups in total. The second kappa shape index (κ2) is 5.09. The van der Waals surface area contributed by atoms with Crippen LogP contribution in [0.5, 0.6) is 0 Å². The van der Waals surface area contributed by atoms with Crippen molar-refractivity contribution in [2.24, 2.45) is 5.73 Å². The predicted octanol–water partition coefficient (Wildman–Crippen LogP) is 1.49. The third-order valence-electron chi connectivity index (χ3n) is 1.95. The van der Waals surface area contributed by atoms with Gasteiger partial charge in [-0.2, -0.15) is 0 Å². The maximum atomic E-state index is 13.1. The Morgan fingerprint density at radius 1 is 1.33 bits per heavy atom. The van der Waals surface area contributed by atoms with Crippen molar-refractivity contribution in [3.8, 4) is 0 Å². The number of aliphatic hydroxyl groups is 2. The van der Waals surface area contributed by atoms with Crippen LogP contribution in [0.25, 0.3) is 0 Å². The molecule has 84 valence electrons. The minimum absolute atomic E-state index is 0.0186. The number of aliphatic hydroxyl groups excluding tert-OH is 2. The van der Waals surface area contributed by atoms with Gasteiger partial charge < -0.3 is 15.9 Å². The smallest absolute Gasteiger partial charge is 0.143 e. The van der Waals surface area contributed by atoms with Gasteiger partial charge in [-0.3, -0.25) is 0 Å². The summed E-state index contributed by atoms with van der Waals surface area (Å²) in [6.45, 7) is -0.136. The summed E-state index contributed by atoms with van der Waals surface area (Å²) in [5.74, 6) is -0.748. The molecule has 0 saturated heterocycles. The van der Waals surface area contributed by atoms with Gasteiger partial charge in [0.05, 0.1) is 16.1 Å². The van der Waals surface area contributed by atoms with Crippen LogP contribution < -0.4 is 5.73 Å². The van der Waals surface area contributed by atoms with Crippen molar-refractivity contribution in [1.82, 2.24) is 0 Å². The topological polar surface area (TPSA) is 66.5 Å². The van der Waals surface area contributed by atoms with E-state index >= 15 is 0 Å². The Hall–Kier alpha value is -0.390. The number of hydrogen-bond acceptors (Lipinski definition) is 3. The van der Waals surface area contributed by atoms with Gasteiger partial charge in [0, 0.05) is 6.54 Å². The fourth-order valence-corrected chi connectivity index (χ4v) is 1.42. The zero-order chi connectivity index (χ0) is 11.6. The Balaban J connectivity index is 3.06. The normalized spacial score (nSPS) is 15.1. The van der Waals surface area contributed by atoms with Gasteiger partial charge in [0.1, 0.15) is 11.9 Å². The van der Waals surface area contributed by atoms with Crippen molar-refractivity contribution in [3.63, 3.8) is 0 Å². The molecule has 0 aliphatic rings. The molecule has 0 saturated carbocycles. The van der Waals surface area contributed by atoms with Gasteiger partial charge in [-0.1, -0.05) is 23.2 Å². The molecule has 15 heavy (non-hydrogen) atoms. The van der Waals surface area contributed by atoms with Crippen LogP contribution in [0.3, 0.4) is 0 Å². The summed E-state index contributed by atoms with van der Waals surface area (Å²) in [5, 5.41) is 18.6. The highest BCUT2D eigenvalue weighted by molar-refractivity contribution is 6.42. The molecule has 1 aromatic carbocycles. The second-order valence-electron chi connectivity index (χ2n) is 3.05. The zero-order valence-electron chi connectivity index (χ0n) is 7.62. The SMILES string of the molecule is NCC(O)C(O)c1cc(F)c(Cl)c(Cl)c1. The van der Waals surface area contributed by atoms with Crippen LogP contribution in [0.4, 0.5) is 4.39 Å². The molecule has 0 aromatic heterocycles. The molecular weight excluding hydrogens is 244 g/mol. The number of halogens is 3. The average Bonchev–Trinajstić information content (AvgIpc) is 2.23. The molecule has 0 aliphatic carbocycles. The lowest BCUT2D eigenvalue weighted by molar-refractivity contribution is 0.0242. The van der Waals surface area contributed by atoms with Crippen LogP contribution in [-0.4, -0.2) is 22.9 Å². The van der Waals surface area contributed by atoms with E-state index in [2.05, 4.69) is 0 Å². The summed E-state index contributed by atoms with van der Waals surface area (Å²) in [6.07, 6.45) is -2.44. The van der Waals surface area contributed by atoms with E-state index < -0.39 is 18.0 Å². The fourth-order valence-electron chi connectivity index (χ4n) is 1.10. The Labute approximate surface area is 96.2 Å². The molecule has 0 radical (unpaired) electrons. The standard InChI is InChI=1S/C9H10Cl2FNO2/c10-5-1-4(2-6(12)8(5)11)9(15)7(14)3-13/h1-2,7,9,14-15H,3,13H2. The Kier molecular flexibility index (Phi) is 4.31. The Bertz CT molecular complexity index is 339. The molecule has 2 atom stereocenters. The molecule has 0 amide bonds. The first-order chi connectivity index (χ1) is 6.97. The van der Waals surface area contributed by atoms with E-state index in [1.165, 1.54) is 6.07 Å². The van der Waals surface area contributed by atoms with Crippen LogP contribution >= 0.6 is 23.2 Å². The van der Waals surface area contributed by atoms with E-state index in [-0.39, 0.29) is 22.2 Å². The highest BCUT2D eigenvalue weighted by Gasteiger charge is 2.19. The second-order valence-corrected chi connectivity index (χ2v) is 3.83. The van der Waals surface area contributed by atoms with Gasteiger partial charge in [-0.25, -0.2) is 4.39 Å². The number of rotatable bonds is 3. The van der Waals surface area contributed by atoms with Crippen molar-refractivity contribution in [3.05, 3.63) is 33.6 Å². The van der Waals surface area contributed by atoms with Gasteiger partial charge in [0.2, 0.25) is 0 Å². The summed E-state index contributed by atoms with van der Waals surface area (Å²) in [6, 6.07) is 2.30.